The second kappa shape index (κ2) is 6.48. The van der Waals surface area contributed by atoms with Crippen molar-refractivity contribution in [3.05, 3.63) is 47.2 Å². The van der Waals surface area contributed by atoms with E-state index in [2.05, 4.69) is 75.6 Å². The summed E-state index contributed by atoms with van der Waals surface area (Å²) in [5.74, 6) is 0.775. The monoisotopic (exact) mass is 338 g/mol. The predicted octanol–water partition coefficient (Wildman–Crippen LogP) is 5.00. The Hall–Kier alpha value is -1.41. The summed E-state index contributed by atoms with van der Waals surface area (Å²) in [4.78, 5) is 0. The maximum atomic E-state index is 2.53. The number of benzene rings is 1. The van der Waals surface area contributed by atoms with Gasteiger partial charge in [0.15, 0.2) is 6.20 Å². The highest BCUT2D eigenvalue weighted by Gasteiger charge is 2.30. The van der Waals surface area contributed by atoms with Gasteiger partial charge in [0.1, 0.15) is 7.05 Å². The van der Waals surface area contributed by atoms with Gasteiger partial charge in [-0.25, -0.2) is 4.57 Å². The Balaban J connectivity index is 2.21. The van der Waals surface area contributed by atoms with Crippen LogP contribution in [0.3, 0.4) is 0 Å². The summed E-state index contributed by atoms with van der Waals surface area (Å²) in [5.41, 5.74) is 7.13. The zero-order valence-electron chi connectivity index (χ0n) is 16.2. The van der Waals surface area contributed by atoms with E-state index in [1.165, 1.54) is 48.1 Å². The van der Waals surface area contributed by atoms with Gasteiger partial charge in [-0.3, -0.25) is 0 Å². The molecule has 1 saturated carbocycles. The average Bonchev–Trinajstić information content (AvgIpc) is 3.03. The number of rotatable bonds is 3. The molecule has 0 amide bonds. The molecule has 1 aliphatic carbocycles. The Morgan fingerprint density at radius 1 is 1.00 bits per heavy atom. The minimum Gasteiger partial charge on any atom is -0.201 e. The van der Waals surface area contributed by atoms with Crippen molar-refractivity contribution >= 4 is 13.3 Å². The zero-order chi connectivity index (χ0) is 17.5. The minimum absolute atomic E-state index is 0.775. The van der Waals surface area contributed by atoms with E-state index in [1.807, 2.05) is 0 Å². The molecule has 1 aromatic carbocycles. The summed E-state index contributed by atoms with van der Waals surface area (Å²) in [5, 5.41) is 1.66. The first kappa shape index (κ1) is 17.4. The van der Waals surface area contributed by atoms with Crippen molar-refractivity contribution in [3.8, 4) is 11.3 Å². The Morgan fingerprint density at radius 2 is 1.67 bits per heavy atom. The van der Waals surface area contributed by atoms with Crippen molar-refractivity contribution < 1.29 is 4.57 Å². The molecule has 24 heavy (non-hydrogen) atoms. The van der Waals surface area contributed by atoms with E-state index in [0.717, 1.165) is 5.92 Å². The molecular weight excluding hydrogens is 306 g/mol. The Morgan fingerprint density at radius 3 is 2.29 bits per heavy atom. The van der Waals surface area contributed by atoms with Crippen LogP contribution in [0.25, 0.3) is 11.3 Å². The van der Waals surface area contributed by atoms with Crippen molar-refractivity contribution in [2.24, 2.45) is 7.05 Å². The van der Waals surface area contributed by atoms with Crippen LogP contribution in [0.1, 0.15) is 48.3 Å². The molecule has 128 valence electrons. The van der Waals surface area contributed by atoms with Crippen molar-refractivity contribution in [3.63, 3.8) is 0 Å². The molecule has 0 atom stereocenters. The molecule has 3 rings (SSSR count). The lowest BCUT2D eigenvalue weighted by Crippen LogP contribution is -2.47. The Labute approximate surface area is 148 Å². The molecule has 0 unspecified atom stereocenters. The maximum absolute atomic E-state index is 2.53. The number of hydrogen-bond acceptors (Lipinski definition) is 0. The molecule has 0 aliphatic heterocycles. The highest BCUT2D eigenvalue weighted by atomic mass is 28.3. The molecule has 1 aromatic heterocycles. The summed E-state index contributed by atoms with van der Waals surface area (Å²) in [7, 11) is 0.875. The Bertz CT molecular complexity index is 749. The van der Waals surface area contributed by atoms with Gasteiger partial charge in [-0.15, -0.1) is 0 Å². The van der Waals surface area contributed by atoms with E-state index < -0.39 is 8.07 Å². The summed E-state index contributed by atoms with van der Waals surface area (Å²) < 4.78 is 2.37. The largest absolute Gasteiger partial charge is 0.212 e. The van der Waals surface area contributed by atoms with Gasteiger partial charge < -0.3 is 0 Å². The summed E-state index contributed by atoms with van der Waals surface area (Å²) in [6, 6.07) is 9.35. The number of nitrogens with zero attached hydrogens (tertiary/aromatic N) is 1. The van der Waals surface area contributed by atoms with Crippen LogP contribution in [0.2, 0.25) is 19.6 Å². The quantitative estimate of drug-likeness (QED) is 0.548. The van der Waals surface area contributed by atoms with Gasteiger partial charge in [0.25, 0.3) is 0 Å². The van der Waals surface area contributed by atoms with Gasteiger partial charge in [-0.2, -0.15) is 0 Å². The first-order valence-electron chi connectivity index (χ1n) is 9.39. The molecule has 0 spiro atoms. The molecule has 1 fully saturated rings. The number of aryl methyl sites for hydroxylation is 3. The molecule has 2 aromatic rings. The first-order chi connectivity index (χ1) is 11.3. The lowest BCUT2D eigenvalue weighted by molar-refractivity contribution is -0.659. The van der Waals surface area contributed by atoms with E-state index in [-0.39, 0.29) is 0 Å². The molecule has 1 aliphatic rings. The van der Waals surface area contributed by atoms with Crippen molar-refractivity contribution in [2.45, 2.75) is 65.1 Å². The number of aromatic nitrogens is 1. The highest BCUT2D eigenvalue weighted by molar-refractivity contribution is 6.89. The molecular formula is C22H32NSi+. The molecule has 0 bridgehead atoms. The van der Waals surface area contributed by atoms with Crippen LogP contribution < -0.4 is 9.75 Å². The third-order valence-corrected chi connectivity index (χ3v) is 7.61. The molecule has 1 nitrogen and oxygen atoms in total. The van der Waals surface area contributed by atoms with Crippen LogP contribution >= 0.6 is 0 Å². The van der Waals surface area contributed by atoms with Crippen LogP contribution in [0.4, 0.5) is 0 Å². The van der Waals surface area contributed by atoms with Crippen molar-refractivity contribution in [1.82, 2.24) is 0 Å². The lowest BCUT2D eigenvalue weighted by atomic mass is 9.94. The smallest absolute Gasteiger partial charge is 0.201 e. The molecule has 0 radical (unpaired) electrons. The number of hydrogen-bond donors (Lipinski definition) is 0. The van der Waals surface area contributed by atoms with Gasteiger partial charge in [0, 0.05) is 16.8 Å². The van der Waals surface area contributed by atoms with Crippen LogP contribution in [0.5, 0.6) is 0 Å². The van der Waals surface area contributed by atoms with Crippen LogP contribution in [0.15, 0.2) is 30.5 Å². The van der Waals surface area contributed by atoms with Crippen LogP contribution in [0, 0.1) is 13.8 Å². The summed E-state index contributed by atoms with van der Waals surface area (Å²) >= 11 is 0. The maximum Gasteiger partial charge on any atom is 0.212 e. The SMILES string of the molecule is Cc1ccc(C)c(-c2cc(C3CCCC3)c([Si](C)(C)C)c[n+]2C)c1. The van der Waals surface area contributed by atoms with Crippen molar-refractivity contribution in [1.29, 1.82) is 0 Å². The van der Waals surface area contributed by atoms with Gasteiger partial charge >= 0.3 is 0 Å². The van der Waals surface area contributed by atoms with E-state index in [4.69, 9.17) is 0 Å². The topological polar surface area (TPSA) is 3.88 Å². The van der Waals surface area contributed by atoms with E-state index >= 15 is 0 Å². The number of pyridine rings is 1. The fraction of sp³-hybridized carbons (Fsp3) is 0.500. The van der Waals surface area contributed by atoms with E-state index in [9.17, 15) is 0 Å². The molecule has 0 N–H and O–H groups in total. The second-order valence-corrected chi connectivity index (χ2v) is 13.7. The lowest BCUT2D eigenvalue weighted by Gasteiger charge is -2.23. The van der Waals surface area contributed by atoms with Crippen molar-refractivity contribution in [2.75, 3.05) is 0 Å². The van der Waals surface area contributed by atoms with Crippen LogP contribution in [-0.4, -0.2) is 8.07 Å². The fourth-order valence-corrected chi connectivity index (χ4v) is 5.87. The van der Waals surface area contributed by atoms with Gasteiger partial charge in [0.2, 0.25) is 5.69 Å². The summed E-state index contributed by atoms with van der Waals surface area (Å²) in [6.45, 7) is 11.9. The van der Waals surface area contributed by atoms with Gasteiger partial charge in [-0.1, -0.05) is 50.2 Å². The van der Waals surface area contributed by atoms with E-state index in [0.29, 0.717) is 0 Å². The van der Waals surface area contributed by atoms with Gasteiger partial charge in [-0.05, 0) is 49.8 Å². The van der Waals surface area contributed by atoms with Gasteiger partial charge in [0.05, 0.1) is 8.07 Å². The third kappa shape index (κ3) is 3.35. The normalized spacial score (nSPS) is 15.9. The standard InChI is InChI=1S/C22H32NSi/c1-16-11-12-17(2)19(13-16)21-14-20(18-9-7-8-10-18)22(15-23(21)3)24(4,5)6/h11-15,18H,7-10H2,1-6H3/q+1. The molecule has 1 heterocycles. The molecule has 0 saturated heterocycles. The second-order valence-electron chi connectivity index (χ2n) is 8.69. The van der Waals surface area contributed by atoms with Crippen LogP contribution in [-0.2, 0) is 7.05 Å². The predicted molar refractivity (Wildman–Crippen MR) is 107 cm³/mol. The molecule has 2 heteroatoms. The summed E-state index contributed by atoms with van der Waals surface area (Å²) in [6.07, 6.45) is 8.00. The first-order valence-corrected chi connectivity index (χ1v) is 12.9. The Kier molecular flexibility index (Phi) is 4.70. The van der Waals surface area contributed by atoms with E-state index in [1.54, 1.807) is 10.8 Å². The highest BCUT2D eigenvalue weighted by Crippen LogP contribution is 2.35. The average molecular weight is 339 g/mol. The minimum atomic E-state index is -1.35. The third-order valence-electron chi connectivity index (χ3n) is 5.58. The fourth-order valence-electron chi connectivity index (χ4n) is 4.15. The zero-order valence-corrected chi connectivity index (χ0v) is 17.2.